The second-order valence-corrected chi connectivity index (χ2v) is 11.9. The van der Waals surface area contributed by atoms with Gasteiger partial charge in [0.05, 0.1) is 11.6 Å². The molecule has 1 amide bonds. The molecule has 2 heterocycles. The Morgan fingerprint density at radius 2 is 1.74 bits per heavy atom. The minimum Gasteiger partial charge on any atom is -0.494 e. The van der Waals surface area contributed by atoms with Crippen molar-refractivity contribution in [2.24, 2.45) is 5.92 Å². The number of hydrogen-bond acceptors (Lipinski definition) is 4. The van der Waals surface area contributed by atoms with E-state index in [9.17, 15) is 4.79 Å². The van der Waals surface area contributed by atoms with Gasteiger partial charge < -0.3 is 9.64 Å². The molecule has 0 radical (unpaired) electrons. The Labute approximate surface area is 234 Å². The molecule has 4 aromatic rings. The van der Waals surface area contributed by atoms with Crippen molar-refractivity contribution < 1.29 is 9.53 Å². The van der Waals surface area contributed by atoms with Crippen molar-refractivity contribution in [2.45, 2.75) is 66.0 Å². The lowest BCUT2D eigenvalue weighted by Gasteiger charge is -2.36. The molecule has 1 fully saturated rings. The van der Waals surface area contributed by atoms with Gasteiger partial charge in [0, 0.05) is 39.6 Å². The molecule has 198 valence electrons. The highest BCUT2D eigenvalue weighted by Crippen LogP contribution is 2.39. The van der Waals surface area contributed by atoms with Crippen LogP contribution in [0.15, 0.2) is 54.6 Å². The van der Waals surface area contributed by atoms with E-state index in [1.807, 2.05) is 51.1 Å². The van der Waals surface area contributed by atoms with E-state index in [0.717, 1.165) is 69.6 Å². The van der Waals surface area contributed by atoms with E-state index in [2.05, 4.69) is 41.1 Å². The van der Waals surface area contributed by atoms with Crippen molar-refractivity contribution in [1.29, 1.82) is 0 Å². The van der Waals surface area contributed by atoms with Crippen molar-refractivity contribution in [2.75, 3.05) is 6.61 Å². The molecule has 4 nitrogen and oxygen atoms in total. The fraction of sp³-hybridized carbons (Fsp3) is 0.375. The number of thiophene rings is 1. The first-order chi connectivity index (χ1) is 18.3. The average Bonchev–Trinajstić information content (AvgIpc) is 3.24. The Morgan fingerprint density at radius 1 is 1.03 bits per heavy atom. The summed E-state index contributed by atoms with van der Waals surface area (Å²) in [5.74, 6) is 1.53. The molecule has 1 aliphatic carbocycles. The second-order valence-electron chi connectivity index (χ2n) is 10.5. The van der Waals surface area contributed by atoms with Gasteiger partial charge in [-0.2, -0.15) is 0 Å². The van der Waals surface area contributed by atoms with Gasteiger partial charge in [-0.3, -0.25) is 9.78 Å². The van der Waals surface area contributed by atoms with E-state index >= 15 is 0 Å². The molecule has 2 aromatic heterocycles. The first-order valence-electron chi connectivity index (χ1n) is 13.5. The van der Waals surface area contributed by atoms with Crippen LogP contribution in [-0.2, 0) is 6.54 Å². The first kappa shape index (κ1) is 26.7. The summed E-state index contributed by atoms with van der Waals surface area (Å²) in [4.78, 5) is 21.5. The molecule has 38 heavy (non-hydrogen) atoms. The van der Waals surface area contributed by atoms with Gasteiger partial charge in [-0.15, -0.1) is 11.3 Å². The number of benzene rings is 2. The lowest BCUT2D eigenvalue weighted by atomic mass is 9.86. The van der Waals surface area contributed by atoms with Crippen molar-refractivity contribution >= 4 is 38.9 Å². The normalized spacial score (nSPS) is 17.5. The molecule has 5 rings (SSSR count). The summed E-state index contributed by atoms with van der Waals surface area (Å²) in [7, 11) is 0. The van der Waals surface area contributed by atoms with Crippen LogP contribution in [0.4, 0.5) is 0 Å². The van der Waals surface area contributed by atoms with Crippen LogP contribution in [0.2, 0.25) is 5.02 Å². The van der Waals surface area contributed by atoms with Crippen LogP contribution < -0.4 is 4.74 Å². The topological polar surface area (TPSA) is 42.4 Å². The number of halogens is 1. The largest absolute Gasteiger partial charge is 0.494 e. The fourth-order valence-corrected chi connectivity index (χ4v) is 7.03. The van der Waals surface area contributed by atoms with E-state index in [0.29, 0.717) is 29.0 Å². The van der Waals surface area contributed by atoms with Crippen molar-refractivity contribution in [1.82, 2.24) is 9.88 Å². The van der Waals surface area contributed by atoms with Gasteiger partial charge in [-0.25, -0.2) is 0 Å². The van der Waals surface area contributed by atoms with Crippen molar-refractivity contribution in [3.63, 3.8) is 0 Å². The van der Waals surface area contributed by atoms with E-state index in [1.165, 1.54) is 11.3 Å². The molecule has 0 saturated heterocycles. The highest BCUT2D eigenvalue weighted by molar-refractivity contribution is 7.21. The second kappa shape index (κ2) is 11.5. The number of rotatable bonds is 7. The summed E-state index contributed by atoms with van der Waals surface area (Å²) in [5, 5.41) is 1.51. The summed E-state index contributed by atoms with van der Waals surface area (Å²) in [6, 6.07) is 18.7. The average molecular weight is 547 g/mol. The molecule has 0 N–H and O–H groups in total. The van der Waals surface area contributed by atoms with E-state index in [-0.39, 0.29) is 11.9 Å². The molecule has 0 atom stereocenters. The zero-order valence-electron chi connectivity index (χ0n) is 22.6. The van der Waals surface area contributed by atoms with Crippen LogP contribution in [0.3, 0.4) is 0 Å². The number of amides is 1. The standard InChI is InChI=1S/C32H35ClN2O2S/c1-5-37-28-15-12-23(24-16-21(3)34-22(4)17-24)18-25(28)19-35(26-13-10-20(2)11-14-26)32(36)31-30(33)27-8-6-7-9-29(27)38-31/h6-9,12,15-18,20,26H,5,10-11,13-14,19H2,1-4H3/t20-,26-. The van der Waals surface area contributed by atoms with Gasteiger partial charge in [0.1, 0.15) is 10.6 Å². The molecular formula is C32H35ClN2O2S. The predicted octanol–water partition coefficient (Wildman–Crippen LogP) is 8.85. The summed E-state index contributed by atoms with van der Waals surface area (Å²) in [6.07, 6.45) is 4.26. The Kier molecular flexibility index (Phi) is 8.06. The molecule has 1 aliphatic rings. The Balaban J connectivity index is 1.56. The number of aromatic nitrogens is 1. The lowest BCUT2D eigenvalue weighted by molar-refractivity contribution is 0.0596. The minimum absolute atomic E-state index is 0.0132. The number of fused-ring (bicyclic) bond motifs is 1. The molecule has 1 saturated carbocycles. The maximum atomic E-state index is 14.2. The summed E-state index contributed by atoms with van der Waals surface area (Å²) in [5.41, 5.74) is 5.21. The number of nitrogens with zero attached hydrogens (tertiary/aromatic N) is 2. The zero-order chi connectivity index (χ0) is 26.8. The number of hydrogen-bond donors (Lipinski definition) is 0. The number of carbonyl (C=O) groups is 1. The van der Waals surface area contributed by atoms with Crippen LogP contribution >= 0.6 is 22.9 Å². The molecule has 0 spiro atoms. The molecule has 0 aliphatic heterocycles. The van der Waals surface area contributed by atoms with Gasteiger partial charge in [0.15, 0.2) is 0 Å². The third-order valence-electron chi connectivity index (χ3n) is 7.53. The van der Waals surface area contributed by atoms with Crippen molar-refractivity contribution in [3.05, 3.63) is 81.4 Å². The van der Waals surface area contributed by atoms with Crippen LogP contribution in [0, 0.1) is 19.8 Å². The smallest absolute Gasteiger partial charge is 0.266 e. The van der Waals surface area contributed by atoms with Crippen LogP contribution in [0.25, 0.3) is 21.2 Å². The molecular weight excluding hydrogens is 512 g/mol. The summed E-state index contributed by atoms with van der Waals surface area (Å²) in [6.45, 7) is 9.39. The lowest BCUT2D eigenvalue weighted by Crippen LogP contribution is -2.41. The number of carbonyl (C=O) groups excluding carboxylic acids is 1. The van der Waals surface area contributed by atoms with E-state index in [4.69, 9.17) is 16.3 Å². The predicted molar refractivity (Wildman–Crippen MR) is 158 cm³/mol. The Bertz CT molecular complexity index is 1440. The van der Waals surface area contributed by atoms with Crippen LogP contribution in [0.5, 0.6) is 5.75 Å². The van der Waals surface area contributed by atoms with Gasteiger partial charge in [0.25, 0.3) is 5.91 Å². The van der Waals surface area contributed by atoms with Crippen LogP contribution in [-0.4, -0.2) is 28.4 Å². The van der Waals surface area contributed by atoms with Gasteiger partial charge in [0.2, 0.25) is 0 Å². The van der Waals surface area contributed by atoms with Crippen molar-refractivity contribution in [3.8, 4) is 16.9 Å². The monoisotopic (exact) mass is 546 g/mol. The first-order valence-corrected chi connectivity index (χ1v) is 14.7. The van der Waals surface area contributed by atoms with Gasteiger partial charge >= 0.3 is 0 Å². The number of pyridine rings is 1. The quantitative estimate of drug-likeness (QED) is 0.232. The number of ether oxygens (including phenoxy) is 1. The Hall–Kier alpha value is -2.89. The maximum Gasteiger partial charge on any atom is 0.266 e. The molecule has 0 bridgehead atoms. The Morgan fingerprint density at radius 3 is 2.42 bits per heavy atom. The van der Waals surface area contributed by atoms with Gasteiger partial charge in [-0.05, 0) is 93.8 Å². The molecule has 2 aromatic carbocycles. The number of aryl methyl sites for hydroxylation is 2. The van der Waals surface area contributed by atoms with E-state index < -0.39 is 0 Å². The minimum atomic E-state index is 0.0132. The summed E-state index contributed by atoms with van der Waals surface area (Å²) < 4.78 is 7.10. The highest BCUT2D eigenvalue weighted by Gasteiger charge is 2.31. The molecule has 0 unspecified atom stereocenters. The fourth-order valence-electron chi connectivity index (χ4n) is 5.57. The zero-order valence-corrected chi connectivity index (χ0v) is 24.2. The van der Waals surface area contributed by atoms with Crippen LogP contribution in [0.1, 0.15) is 66.2 Å². The molecule has 6 heteroatoms. The van der Waals surface area contributed by atoms with Gasteiger partial charge in [-0.1, -0.05) is 42.8 Å². The maximum absolute atomic E-state index is 14.2. The third-order valence-corrected chi connectivity index (χ3v) is 9.20. The third kappa shape index (κ3) is 5.60. The highest BCUT2D eigenvalue weighted by atomic mass is 35.5. The van der Waals surface area contributed by atoms with E-state index in [1.54, 1.807) is 0 Å². The SMILES string of the molecule is CCOc1ccc(-c2cc(C)nc(C)c2)cc1CN(C(=O)c1sc2ccccc2c1Cl)[C@H]1CC[C@H](C)CC1. The summed E-state index contributed by atoms with van der Waals surface area (Å²) >= 11 is 8.30.